The molecule has 0 spiro atoms. The molecule has 39 heavy (non-hydrogen) atoms. The van der Waals surface area contributed by atoms with Crippen LogP contribution in [-0.2, 0) is 5.54 Å². The standard InChI is InChI=1S/C32H26ClN5O/c1-22(2)39-30-18-26-28(20-34-30)38(37-31(26)27-19-29(33)36-21-35-27)32(23-12-6-3-7-13-23,24-14-8-4-9-15-24)25-16-10-5-11-17-25/h3-22H,1-2H3. The molecule has 192 valence electrons. The number of rotatable bonds is 7. The number of pyridine rings is 1. The second kappa shape index (κ2) is 10.3. The van der Waals surface area contributed by atoms with Crippen LogP contribution in [0.15, 0.2) is 116 Å². The van der Waals surface area contributed by atoms with Crippen molar-refractivity contribution in [3.63, 3.8) is 0 Å². The molecule has 0 aliphatic heterocycles. The third-order valence-electron chi connectivity index (χ3n) is 6.67. The van der Waals surface area contributed by atoms with E-state index >= 15 is 0 Å². The minimum absolute atomic E-state index is 0.0287. The van der Waals surface area contributed by atoms with Crippen molar-refractivity contribution >= 4 is 22.5 Å². The Bertz CT molecular complexity index is 1620. The zero-order chi connectivity index (χ0) is 26.8. The second-order valence-electron chi connectivity index (χ2n) is 9.50. The summed E-state index contributed by atoms with van der Waals surface area (Å²) in [6, 6.07) is 34.9. The first kappa shape index (κ1) is 24.8. The minimum atomic E-state index is -0.820. The lowest BCUT2D eigenvalue weighted by molar-refractivity contribution is 0.233. The maximum atomic E-state index is 6.31. The molecule has 0 amide bonds. The molecular formula is C32H26ClN5O. The normalized spacial score (nSPS) is 11.7. The average molecular weight is 532 g/mol. The van der Waals surface area contributed by atoms with Gasteiger partial charge in [-0.15, -0.1) is 0 Å². The molecule has 0 unspecified atom stereocenters. The number of hydrogen-bond acceptors (Lipinski definition) is 5. The second-order valence-corrected chi connectivity index (χ2v) is 9.89. The Kier molecular flexibility index (Phi) is 6.55. The summed E-state index contributed by atoms with van der Waals surface area (Å²) in [5.41, 5.74) is 4.46. The maximum Gasteiger partial charge on any atom is 0.214 e. The topological polar surface area (TPSA) is 65.7 Å². The highest BCUT2D eigenvalue weighted by molar-refractivity contribution is 6.29. The Morgan fingerprint density at radius 1 is 0.744 bits per heavy atom. The van der Waals surface area contributed by atoms with Crippen molar-refractivity contribution < 1.29 is 4.74 Å². The molecule has 0 saturated carbocycles. The molecule has 6 rings (SSSR count). The van der Waals surface area contributed by atoms with E-state index in [1.807, 2.05) is 44.3 Å². The van der Waals surface area contributed by atoms with Crippen molar-refractivity contribution in [1.82, 2.24) is 24.7 Å². The Balaban J connectivity index is 1.76. The van der Waals surface area contributed by atoms with E-state index in [1.54, 1.807) is 6.07 Å². The van der Waals surface area contributed by atoms with Crippen LogP contribution in [0.1, 0.15) is 30.5 Å². The SMILES string of the molecule is CC(C)Oc1cc2c(-c3cc(Cl)ncn3)nn(C(c3ccccc3)(c3ccccc3)c3ccccc3)c2cn1. The molecule has 7 heteroatoms. The summed E-state index contributed by atoms with van der Waals surface area (Å²) < 4.78 is 8.03. The van der Waals surface area contributed by atoms with Crippen molar-refractivity contribution in [3.8, 4) is 17.3 Å². The van der Waals surface area contributed by atoms with Gasteiger partial charge in [-0.2, -0.15) is 5.10 Å². The Morgan fingerprint density at radius 2 is 1.31 bits per heavy atom. The predicted octanol–water partition coefficient (Wildman–Crippen LogP) is 7.17. The van der Waals surface area contributed by atoms with Gasteiger partial charge in [0, 0.05) is 17.5 Å². The van der Waals surface area contributed by atoms with Crippen molar-refractivity contribution in [1.29, 1.82) is 0 Å². The van der Waals surface area contributed by atoms with E-state index in [9.17, 15) is 0 Å². The first-order valence-corrected chi connectivity index (χ1v) is 13.2. The smallest absolute Gasteiger partial charge is 0.214 e. The van der Waals surface area contributed by atoms with E-state index in [4.69, 9.17) is 21.4 Å². The monoisotopic (exact) mass is 531 g/mol. The first-order chi connectivity index (χ1) is 19.1. The van der Waals surface area contributed by atoms with Gasteiger partial charge < -0.3 is 4.74 Å². The van der Waals surface area contributed by atoms with Gasteiger partial charge in [0.15, 0.2) is 0 Å². The molecule has 0 saturated heterocycles. The van der Waals surface area contributed by atoms with E-state index < -0.39 is 5.54 Å². The number of aromatic nitrogens is 5. The summed E-state index contributed by atoms with van der Waals surface area (Å²) in [4.78, 5) is 13.3. The van der Waals surface area contributed by atoms with Gasteiger partial charge in [0.2, 0.25) is 5.88 Å². The van der Waals surface area contributed by atoms with E-state index in [-0.39, 0.29) is 6.10 Å². The molecule has 0 atom stereocenters. The summed E-state index contributed by atoms with van der Waals surface area (Å²) in [5, 5.41) is 6.49. The highest BCUT2D eigenvalue weighted by atomic mass is 35.5. The van der Waals surface area contributed by atoms with Crippen molar-refractivity contribution in [3.05, 3.63) is 137 Å². The highest BCUT2D eigenvalue weighted by Gasteiger charge is 2.41. The molecular weight excluding hydrogens is 506 g/mol. The van der Waals surface area contributed by atoms with Crippen LogP contribution < -0.4 is 4.74 Å². The van der Waals surface area contributed by atoms with Crippen LogP contribution in [0, 0.1) is 0 Å². The van der Waals surface area contributed by atoms with Crippen LogP contribution in [0.2, 0.25) is 5.15 Å². The van der Waals surface area contributed by atoms with E-state index in [0.717, 1.165) is 27.6 Å². The van der Waals surface area contributed by atoms with Crippen LogP contribution in [0.5, 0.6) is 5.88 Å². The molecule has 6 aromatic rings. The summed E-state index contributed by atoms with van der Waals surface area (Å²) in [6.07, 6.45) is 3.25. The molecule has 0 N–H and O–H groups in total. The largest absolute Gasteiger partial charge is 0.475 e. The third-order valence-corrected chi connectivity index (χ3v) is 6.87. The predicted molar refractivity (Wildman–Crippen MR) is 154 cm³/mol. The average Bonchev–Trinajstić information content (AvgIpc) is 3.34. The molecule has 0 bridgehead atoms. The van der Waals surface area contributed by atoms with Crippen LogP contribution >= 0.6 is 11.6 Å². The van der Waals surface area contributed by atoms with Gasteiger partial charge in [-0.1, -0.05) is 103 Å². The van der Waals surface area contributed by atoms with Crippen LogP contribution in [0.4, 0.5) is 0 Å². The lowest BCUT2D eigenvalue weighted by Crippen LogP contribution is -2.38. The molecule has 0 aliphatic rings. The Hall–Kier alpha value is -4.55. The maximum absolute atomic E-state index is 6.31. The third kappa shape index (κ3) is 4.43. The minimum Gasteiger partial charge on any atom is -0.475 e. The number of fused-ring (bicyclic) bond motifs is 1. The molecule has 3 aromatic carbocycles. The molecule has 3 aromatic heterocycles. The number of hydrogen-bond donors (Lipinski definition) is 0. The molecule has 0 radical (unpaired) electrons. The number of benzene rings is 3. The first-order valence-electron chi connectivity index (χ1n) is 12.8. The van der Waals surface area contributed by atoms with Gasteiger partial charge in [-0.25, -0.2) is 19.6 Å². The fourth-order valence-electron chi connectivity index (χ4n) is 5.11. The quantitative estimate of drug-likeness (QED) is 0.161. The van der Waals surface area contributed by atoms with Crippen molar-refractivity contribution in [2.24, 2.45) is 0 Å². The van der Waals surface area contributed by atoms with Gasteiger partial charge >= 0.3 is 0 Å². The number of halogens is 1. The molecule has 3 heterocycles. The van der Waals surface area contributed by atoms with Crippen molar-refractivity contribution in [2.75, 3.05) is 0 Å². The van der Waals surface area contributed by atoms with E-state index in [0.29, 0.717) is 22.4 Å². The number of ether oxygens (including phenoxy) is 1. The summed E-state index contributed by atoms with van der Waals surface area (Å²) in [7, 11) is 0. The summed E-state index contributed by atoms with van der Waals surface area (Å²) >= 11 is 6.31. The van der Waals surface area contributed by atoms with Gasteiger partial charge in [-0.3, -0.25) is 0 Å². The van der Waals surface area contributed by atoms with Crippen LogP contribution in [0.25, 0.3) is 22.3 Å². The van der Waals surface area contributed by atoms with Crippen LogP contribution in [-0.4, -0.2) is 30.8 Å². The molecule has 6 nitrogen and oxygen atoms in total. The zero-order valence-electron chi connectivity index (χ0n) is 21.6. The number of nitrogens with zero attached hydrogens (tertiary/aromatic N) is 5. The Morgan fingerprint density at radius 3 is 1.82 bits per heavy atom. The lowest BCUT2D eigenvalue weighted by Gasteiger charge is -2.37. The lowest BCUT2D eigenvalue weighted by atomic mass is 9.77. The van der Waals surface area contributed by atoms with E-state index in [2.05, 4.69) is 92.4 Å². The molecule has 0 aliphatic carbocycles. The Labute approximate surface area is 231 Å². The van der Waals surface area contributed by atoms with Gasteiger partial charge in [0.05, 0.1) is 23.5 Å². The van der Waals surface area contributed by atoms with Crippen molar-refractivity contribution in [2.45, 2.75) is 25.5 Å². The fraction of sp³-hybridized carbons (Fsp3) is 0.125. The van der Waals surface area contributed by atoms with Crippen LogP contribution in [0.3, 0.4) is 0 Å². The van der Waals surface area contributed by atoms with E-state index in [1.165, 1.54) is 6.33 Å². The van der Waals surface area contributed by atoms with Gasteiger partial charge in [0.25, 0.3) is 0 Å². The highest BCUT2D eigenvalue weighted by Crippen LogP contribution is 2.44. The van der Waals surface area contributed by atoms with Gasteiger partial charge in [0.1, 0.15) is 22.7 Å². The molecule has 0 fully saturated rings. The summed E-state index contributed by atoms with van der Waals surface area (Å²) in [6.45, 7) is 3.96. The van der Waals surface area contributed by atoms with Gasteiger partial charge in [-0.05, 0) is 30.5 Å². The fourth-order valence-corrected chi connectivity index (χ4v) is 5.26. The summed E-state index contributed by atoms with van der Waals surface area (Å²) in [5.74, 6) is 0.517. The zero-order valence-corrected chi connectivity index (χ0v) is 22.3.